The lowest BCUT2D eigenvalue weighted by molar-refractivity contribution is 0.0754. The number of nitrogens with one attached hydrogen (secondary N) is 1. The zero-order valence-corrected chi connectivity index (χ0v) is 29.2. The molecule has 0 aliphatic carbocycles. The summed E-state index contributed by atoms with van der Waals surface area (Å²) in [6.45, 7) is 16.9. The van der Waals surface area contributed by atoms with Gasteiger partial charge < -0.3 is 24.0 Å². The summed E-state index contributed by atoms with van der Waals surface area (Å²) in [6, 6.07) is 26.9. The van der Waals surface area contributed by atoms with E-state index in [1.54, 1.807) is 20.3 Å². The molecule has 45 heavy (non-hydrogen) atoms. The van der Waals surface area contributed by atoms with Crippen LogP contribution < -0.4 is 14.8 Å². The summed E-state index contributed by atoms with van der Waals surface area (Å²) in [6.07, 6.45) is 2.58. The Balaban J connectivity index is 2.06. The molecule has 244 valence electrons. The number of carbonyl (C=O) groups is 1. The Morgan fingerprint density at radius 2 is 1.38 bits per heavy atom. The predicted molar refractivity (Wildman–Crippen MR) is 186 cm³/mol. The fraction of sp³-hybridized carbons (Fsp3) is 0.432. The maximum atomic E-state index is 12.7. The highest BCUT2D eigenvalue weighted by molar-refractivity contribution is 6.74. The van der Waals surface area contributed by atoms with Gasteiger partial charge in [0, 0.05) is 31.8 Å². The highest BCUT2D eigenvalue weighted by Gasteiger charge is 2.39. The molecule has 3 rings (SSSR count). The second kappa shape index (κ2) is 17.2. The van der Waals surface area contributed by atoms with Gasteiger partial charge in [0.15, 0.2) is 8.32 Å². The Hall–Kier alpha value is -3.59. The normalized spacial score (nSPS) is 13.2. The highest BCUT2D eigenvalue weighted by atomic mass is 28.4. The lowest BCUT2D eigenvalue weighted by atomic mass is 9.98. The minimum Gasteiger partial charge on any atom is -0.497 e. The Morgan fingerprint density at radius 1 is 0.844 bits per heavy atom. The molecule has 3 aromatic rings. The third-order valence-electron chi connectivity index (χ3n) is 8.66. The van der Waals surface area contributed by atoms with E-state index >= 15 is 0 Å². The molecule has 0 aromatic heterocycles. The number of carbonyl (C=O) groups excluding carboxylic acids is 1. The Morgan fingerprint density at radius 3 is 1.87 bits per heavy atom. The van der Waals surface area contributed by atoms with Gasteiger partial charge in [-0.15, -0.1) is 0 Å². The van der Waals surface area contributed by atoms with Crippen molar-refractivity contribution in [3.63, 3.8) is 0 Å². The summed E-state index contributed by atoms with van der Waals surface area (Å²) in [5, 5.41) is 3.10. The van der Waals surface area contributed by atoms with Crippen molar-refractivity contribution >= 4 is 14.4 Å². The molecule has 0 spiro atoms. The number of benzene rings is 3. The first-order chi connectivity index (χ1) is 21.5. The van der Waals surface area contributed by atoms with E-state index in [4.69, 9.17) is 18.6 Å². The number of rotatable bonds is 17. The number of nitrogens with zero attached hydrogens (tertiary/aromatic N) is 1. The van der Waals surface area contributed by atoms with Crippen LogP contribution in [0, 0.1) is 0 Å². The first kappa shape index (κ1) is 35.9. The van der Waals surface area contributed by atoms with E-state index in [9.17, 15) is 4.79 Å². The van der Waals surface area contributed by atoms with Crippen LogP contribution in [-0.2, 0) is 28.5 Å². The molecule has 0 radical (unpaired) electrons. The van der Waals surface area contributed by atoms with Gasteiger partial charge in [0.05, 0.1) is 14.2 Å². The van der Waals surface area contributed by atoms with Gasteiger partial charge in [-0.1, -0.05) is 88.0 Å². The molecule has 1 amide bonds. The lowest BCUT2D eigenvalue weighted by Crippen LogP contribution is -2.53. The van der Waals surface area contributed by atoms with Crippen molar-refractivity contribution in [3.05, 3.63) is 108 Å². The summed E-state index contributed by atoms with van der Waals surface area (Å²) in [5.41, 5.74) is 3.53. The maximum absolute atomic E-state index is 12.7. The van der Waals surface area contributed by atoms with Crippen LogP contribution in [0.1, 0.15) is 37.5 Å². The summed E-state index contributed by atoms with van der Waals surface area (Å²) in [5.74, 6) is 1.64. The molecule has 1 N–H and O–H groups in total. The second-order valence-corrected chi connectivity index (χ2v) is 17.7. The van der Waals surface area contributed by atoms with Crippen LogP contribution in [0.15, 0.2) is 91.5 Å². The first-order valence-electron chi connectivity index (χ1n) is 15.7. The maximum Gasteiger partial charge on any atom is 0.407 e. The van der Waals surface area contributed by atoms with Crippen LogP contribution in [0.25, 0.3) is 0 Å². The molecular weight excluding hydrogens is 581 g/mol. The number of hydrogen-bond donors (Lipinski definition) is 1. The second-order valence-electron chi connectivity index (χ2n) is 12.9. The number of hydrogen-bond acceptors (Lipinski definition) is 6. The van der Waals surface area contributed by atoms with Gasteiger partial charge in [-0.05, 0) is 71.9 Å². The standard InChI is InChI=1S/C37H52N2O5Si/c1-9-23-43-36(40)38-26-32(24-29-15-19-34(41-5)20-16-29)39(27-31-13-11-10-12-14-31)33(28-44-45(7,8)37(2,3)4)25-30-17-21-35(42-6)22-18-30/h9-22,32-33H,1,23-28H2,2-8H3,(H,38,40)/t32-,33+/m1/s1. The monoisotopic (exact) mass is 632 g/mol. The van der Waals surface area contributed by atoms with Crippen LogP contribution in [0.4, 0.5) is 4.79 Å². The average Bonchev–Trinajstić information content (AvgIpc) is 3.03. The Labute approximate surface area is 271 Å². The van der Waals surface area contributed by atoms with Crippen LogP contribution >= 0.6 is 0 Å². The molecule has 0 fully saturated rings. The van der Waals surface area contributed by atoms with Crippen molar-refractivity contribution in [1.29, 1.82) is 0 Å². The zero-order chi connectivity index (χ0) is 32.9. The molecule has 0 aliphatic heterocycles. The molecular formula is C37H52N2O5Si. The molecule has 0 aliphatic rings. The average molecular weight is 633 g/mol. The van der Waals surface area contributed by atoms with Crippen molar-refractivity contribution in [1.82, 2.24) is 10.2 Å². The summed E-state index contributed by atoms with van der Waals surface area (Å²) >= 11 is 0. The van der Waals surface area contributed by atoms with Crippen molar-refractivity contribution in [3.8, 4) is 11.5 Å². The van der Waals surface area contributed by atoms with Crippen LogP contribution in [0.5, 0.6) is 11.5 Å². The first-order valence-corrected chi connectivity index (χ1v) is 18.6. The fourth-order valence-corrected chi connectivity index (χ4v) is 5.95. The molecule has 0 saturated carbocycles. The Bertz CT molecular complexity index is 1310. The van der Waals surface area contributed by atoms with Gasteiger partial charge in [0.2, 0.25) is 0 Å². The molecule has 0 unspecified atom stereocenters. The van der Waals surface area contributed by atoms with E-state index in [1.165, 1.54) is 11.1 Å². The number of alkyl carbamates (subject to hydrolysis) is 1. The minimum absolute atomic E-state index is 0.0157. The minimum atomic E-state index is -2.07. The summed E-state index contributed by atoms with van der Waals surface area (Å²) in [4.78, 5) is 15.2. The van der Waals surface area contributed by atoms with Crippen molar-refractivity contribution in [2.45, 2.75) is 70.4 Å². The Kier molecular flexibility index (Phi) is 13.7. The highest BCUT2D eigenvalue weighted by Crippen LogP contribution is 2.37. The van der Waals surface area contributed by atoms with E-state index in [2.05, 4.69) is 99.2 Å². The molecule has 8 heteroatoms. The van der Waals surface area contributed by atoms with E-state index in [-0.39, 0.29) is 23.7 Å². The third kappa shape index (κ3) is 11.4. The topological polar surface area (TPSA) is 69.3 Å². The fourth-order valence-electron chi connectivity index (χ4n) is 4.90. The smallest absolute Gasteiger partial charge is 0.407 e. The van der Waals surface area contributed by atoms with E-state index in [0.717, 1.165) is 23.5 Å². The SMILES string of the molecule is C=CCOC(=O)NC[C@@H](Cc1ccc(OC)cc1)N(Cc1ccccc1)[C@H](CO[Si](C)(C)C(C)(C)C)Cc1ccc(OC)cc1. The van der Waals surface area contributed by atoms with E-state index in [0.29, 0.717) is 26.1 Å². The van der Waals surface area contributed by atoms with E-state index in [1.807, 2.05) is 30.3 Å². The quantitative estimate of drug-likeness (QED) is 0.122. The van der Waals surface area contributed by atoms with Gasteiger partial charge in [-0.3, -0.25) is 4.90 Å². The number of ether oxygens (including phenoxy) is 3. The van der Waals surface area contributed by atoms with E-state index < -0.39 is 14.4 Å². The molecule has 0 saturated heterocycles. The number of amides is 1. The summed E-state index contributed by atoms with van der Waals surface area (Å²) in [7, 11) is 1.29. The zero-order valence-electron chi connectivity index (χ0n) is 28.2. The van der Waals surface area contributed by atoms with Gasteiger partial charge in [0.25, 0.3) is 0 Å². The lowest BCUT2D eigenvalue weighted by Gasteiger charge is -2.42. The largest absolute Gasteiger partial charge is 0.497 e. The molecule has 0 bridgehead atoms. The molecule has 0 heterocycles. The molecule has 7 nitrogen and oxygen atoms in total. The molecule has 2 atom stereocenters. The van der Waals surface area contributed by atoms with Gasteiger partial charge >= 0.3 is 6.09 Å². The molecule has 3 aromatic carbocycles. The third-order valence-corrected chi connectivity index (χ3v) is 13.2. The van der Waals surface area contributed by atoms with Crippen molar-refractivity contribution < 1.29 is 23.4 Å². The van der Waals surface area contributed by atoms with Gasteiger partial charge in [0.1, 0.15) is 18.1 Å². The van der Waals surface area contributed by atoms with Crippen LogP contribution in [-0.4, -0.2) is 65.4 Å². The van der Waals surface area contributed by atoms with Crippen LogP contribution in [0.3, 0.4) is 0 Å². The number of methoxy groups -OCH3 is 2. The van der Waals surface area contributed by atoms with Crippen LogP contribution in [0.2, 0.25) is 18.1 Å². The van der Waals surface area contributed by atoms with Gasteiger partial charge in [-0.2, -0.15) is 0 Å². The predicted octanol–water partition coefficient (Wildman–Crippen LogP) is 7.66. The van der Waals surface area contributed by atoms with Crippen molar-refractivity contribution in [2.75, 3.05) is 34.0 Å². The van der Waals surface area contributed by atoms with Gasteiger partial charge in [-0.25, -0.2) is 4.79 Å². The van der Waals surface area contributed by atoms with Crippen molar-refractivity contribution in [2.24, 2.45) is 0 Å². The summed E-state index contributed by atoms with van der Waals surface area (Å²) < 4.78 is 23.1.